The molecule has 11 nitrogen and oxygen atoms in total. The zero-order valence-electron chi connectivity index (χ0n) is 15.5. The summed E-state index contributed by atoms with van der Waals surface area (Å²) in [6.45, 7) is 1.88. The van der Waals surface area contributed by atoms with Crippen LogP contribution >= 0.6 is 0 Å². The van der Waals surface area contributed by atoms with E-state index >= 15 is 0 Å². The highest BCUT2D eigenvalue weighted by Crippen LogP contribution is 2.24. The first-order valence-corrected chi connectivity index (χ1v) is 10.0. The van der Waals surface area contributed by atoms with Gasteiger partial charge in [0.1, 0.15) is 6.04 Å². The number of aryl methyl sites for hydroxylation is 1. The number of sulfonamides is 1. The van der Waals surface area contributed by atoms with Crippen molar-refractivity contribution in [3.8, 4) is 0 Å². The molecule has 2 aromatic rings. The van der Waals surface area contributed by atoms with E-state index in [1.54, 1.807) is 29.7 Å². The molecule has 0 saturated heterocycles. The Labute approximate surface area is 166 Å². The van der Waals surface area contributed by atoms with Crippen molar-refractivity contribution in [1.29, 1.82) is 0 Å². The standard InChI is InChI=1S/C17H21N5O6S/c1-11-7-8-13-12(10-11)4-2-6-15(13)29(27,28)21-14(16(23)24)5-3-9-19-17(18)20-22(25)26/h2,4,6-8,10,14,21H,3,5,9H2,1H3,(H,23,24)(H3,18,19,20). The molecule has 0 heterocycles. The fourth-order valence-corrected chi connectivity index (χ4v) is 4.17. The van der Waals surface area contributed by atoms with Crippen LogP contribution in [0.15, 0.2) is 46.3 Å². The van der Waals surface area contributed by atoms with E-state index in [-0.39, 0.29) is 24.3 Å². The summed E-state index contributed by atoms with van der Waals surface area (Å²) in [6, 6.07) is 8.67. The third-order valence-corrected chi connectivity index (χ3v) is 5.55. The van der Waals surface area contributed by atoms with Crippen molar-refractivity contribution in [3.63, 3.8) is 0 Å². The van der Waals surface area contributed by atoms with Crippen LogP contribution in [0.5, 0.6) is 0 Å². The topological polar surface area (TPSA) is 177 Å². The maximum absolute atomic E-state index is 12.8. The van der Waals surface area contributed by atoms with E-state index in [1.807, 2.05) is 13.0 Å². The van der Waals surface area contributed by atoms with Crippen molar-refractivity contribution in [2.24, 2.45) is 10.7 Å². The minimum atomic E-state index is -4.11. The lowest BCUT2D eigenvalue weighted by Crippen LogP contribution is -2.41. The molecule has 12 heteroatoms. The normalized spacial score (nSPS) is 13.2. The molecule has 1 atom stereocenters. The minimum absolute atomic E-state index is 0.00821. The number of nitrogens with two attached hydrogens (primary N) is 1. The Morgan fingerprint density at radius 3 is 2.72 bits per heavy atom. The van der Waals surface area contributed by atoms with Gasteiger partial charge < -0.3 is 10.8 Å². The van der Waals surface area contributed by atoms with E-state index in [4.69, 9.17) is 5.73 Å². The fourth-order valence-electron chi connectivity index (χ4n) is 2.72. The van der Waals surface area contributed by atoms with Gasteiger partial charge in [-0.15, -0.1) is 0 Å². The van der Waals surface area contributed by atoms with Gasteiger partial charge in [-0.1, -0.05) is 41.3 Å². The van der Waals surface area contributed by atoms with Gasteiger partial charge in [0.2, 0.25) is 10.0 Å². The Hall–Kier alpha value is -3.25. The number of nitrogens with one attached hydrogen (secondary N) is 2. The van der Waals surface area contributed by atoms with E-state index in [1.165, 1.54) is 6.07 Å². The summed E-state index contributed by atoms with van der Waals surface area (Å²) in [6.07, 6.45) is 0.0714. The fraction of sp³-hybridized carbons (Fsp3) is 0.294. The highest BCUT2D eigenvalue weighted by Gasteiger charge is 2.26. The number of guanidine groups is 1. The Morgan fingerprint density at radius 1 is 1.34 bits per heavy atom. The van der Waals surface area contributed by atoms with Crippen LogP contribution in [0.2, 0.25) is 0 Å². The quantitative estimate of drug-likeness (QED) is 0.150. The second kappa shape index (κ2) is 9.30. The Bertz CT molecular complexity index is 1050. The molecule has 0 aliphatic carbocycles. The highest BCUT2D eigenvalue weighted by molar-refractivity contribution is 7.89. The number of hydrogen-bond donors (Lipinski definition) is 4. The number of fused-ring (bicyclic) bond motifs is 1. The third-order valence-electron chi connectivity index (χ3n) is 4.02. The molecule has 2 aromatic carbocycles. The predicted octanol–water partition coefficient (Wildman–Crippen LogP) is 0.756. The highest BCUT2D eigenvalue weighted by atomic mass is 32.2. The van der Waals surface area contributed by atoms with Crippen LogP contribution in [0.25, 0.3) is 10.8 Å². The molecule has 0 aromatic heterocycles. The minimum Gasteiger partial charge on any atom is -0.480 e. The molecular formula is C17H21N5O6S. The van der Waals surface area contributed by atoms with Crippen LogP contribution < -0.4 is 15.9 Å². The molecule has 0 fully saturated rings. The largest absolute Gasteiger partial charge is 0.480 e. The number of aliphatic carboxylic acids is 1. The second-order valence-electron chi connectivity index (χ2n) is 6.27. The van der Waals surface area contributed by atoms with Gasteiger partial charge in [-0.3, -0.25) is 4.79 Å². The molecule has 29 heavy (non-hydrogen) atoms. The molecule has 2 rings (SSSR count). The van der Waals surface area contributed by atoms with Crippen LogP contribution in [0.1, 0.15) is 18.4 Å². The van der Waals surface area contributed by atoms with Gasteiger partial charge in [-0.2, -0.15) is 4.72 Å². The Morgan fingerprint density at radius 2 is 2.07 bits per heavy atom. The van der Waals surface area contributed by atoms with Crippen molar-refractivity contribution in [2.45, 2.75) is 30.7 Å². The van der Waals surface area contributed by atoms with E-state index in [2.05, 4.69) is 9.71 Å². The molecule has 0 spiro atoms. The van der Waals surface area contributed by atoms with Gasteiger partial charge >= 0.3 is 5.97 Å². The molecule has 0 bridgehead atoms. The number of hydrogen-bond acceptors (Lipinski definition) is 6. The van der Waals surface area contributed by atoms with Crippen molar-refractivity contribution in [3.05, 3.63) is 52.1 Å². The van der Waals surface area contributed by atoms with Crippen LogP contribution in [0.3, 0.4) is 0 Å². The van der Waals surface area contributed by atoms with Gasteiger partial charge in [0, 0.05) is 11.9 Å². The summed E-state index contributed by atoms with van der Waals surface area (Å²) < 4.78 is 27.8. The molecule has 0 saturated carbocycles. The lowest BCUT2D eigenvalue weighted by molar-refractivity contribution is -0.525. The average molecular weight is 423 g/mol. The van der Waals surface area contributed by atoms with Crippen molar-refractivity contribution < 1.29 is 23.4 Å². The molecule has 0 radical (unpaired) electrons. The molecule has 0 amide bonds. The number of benzene rings is 2. The van der Waals surface area contributed by atoms with Gasteiger partial charge in [0.25, 0.3) is 5.96 Å². The maximum Gasteiger partial charge on any atom is 0.321 e. The van der Waals surface area contributed by atoms with Crippen molar-refractivity contribution >= 4 is 32.7 Å². The first kappa shape index (κ1) is 22.0. The van der Waals surface area contributed by atoms with Gasteiger partial charge in [0.05, 0.1) is 4.90 Å². The SMILES string of the molecule is Cc1ccc2c(S(=O)(=O)NC(CCCN=C(N)N[N+](=O)[O-])C(=O)O)cccc2c1. The van der Waals surface area contributed by atoms with Crippen LogP contribution in [-0.2, 0) is 14.8 Å². The van der Waals surface area contributed by atoms with E-state index in [9.17, 15) is 28.4 Å². The summed E-state index contributed by atoms with van der Waals surface area (Å²) >= 11 is 0. The van der Waals surface area contributed by atoms with Crippen molar-refractivity contribution in [1.82, 2.24) is 10.1 Å². The summed E-state index contributed by atoms with van der Waals surface area (Å²) in [4.78, 5) is 25.4. The number of hydrazine groups is 1. The molecular weight excluding hydrogens is 402 g/mol. The first-order chi connectivity index (χ1) is 13.6. The van der Waals surface area contributed by atoms with E-state index < -0.39 is 33.0 Å². The first-order valence-electron chi connectivity index (χ1n) is 8.55. The number of rotatable bonds is 9. The average Bonchev–Trinajstić information content (AvgIpc) is 2.62. The van der Waals surface area contributed by atoms with Gasteiger partial charge in [-0.05, 0) is 31.2 Å². The smallest absolute Gasteiger partial charge is 0.321 e. The zero-order valence-corrected chi connectivity index (χ0v) is 16.3. The number of aliphatic imine (C=N–C) groups is 1. The molecule has 0 aliphatic rings. The molecule has 156 valence electrons. The lowest BCUT2D eigenvalue weighted by Gasteiger charge is -2.15. The number of carboxylic acid groups (broad SMARTS) is 1. The van der Waals surface area contributed by atoms with E-state index in [0.29, 0.717) is 5.39 Å². The zero-order chi connectivity index (χ0) is 21.6. The molecule has 0 aliphatic heterocycles. The Kier molecular flexibility index (Phi) is 7.07. The second-order valence-corrected chi connectivity index (χ2v) is 7.95. The molecule has 1 unspecified atom stereocenters. The third kappa shape index (κ3) is 6.12. The van der Waals surface area contributed by atoms with Crippen LogP contribution in [0.4, 0.5) is 0 Å². The Balaban J connectivity index is 2.14. The van der Waals surface area contributed by atoms with Gasteiger partial charge in [-0.25, -0.2) is 23.5 Å². The van der Waals surface area contributed by atoms with Crippen LogP contribution in [-0.4, -0.2) is 43.1 Å². The predicted molar refractivity (Wildman–Crippen MR) is 106 cm³/mol. The number of nitrogens with zero attached hydrogens (tertiary/aromatic N) is 2. The summed E-state index contributed by atoms with van der Waals surface area (Å²) in [5, 5.41) is 19.9. The maximum atomic E-state index is 12.8. The van der Waals surface area contributed by atoms with E-state index in [0.717, 1.165) is 10.9 Å². The number of carbonyl (C=O) groups is 1. The summed E-state index contributed by atoms with van der Waals surface area (Å²) in [5.41, 5.74) is 7.89. The summed E-state index contributed by atoms with van der Waals surface area (Å²) in [7, 11) is -4.11. The number of carboxylic acids is 1. The molecule has 5 N–H and O–H groups in total. The number of nitro groups is 1. The monoisotopic (exact) mass is 423 g/mol. The summed E-state index contributed by atoms with van der Waals surface area (Å²) in [5.74, 6) is -1.77. The van der Waals surface area contributed by atoms with Crippen LogP contribution in [0, 0.1) is 17.0 Å². The van der Waals surface area contributed by atoms with Gasteiger partial charge in [0.15, 0.2) is 5.03 Å². The van der Waals surface area contributed by atoms with Crippen molar-refractivity contribution in [2.75, 3.05) is 6.54 Å². The lowest BCUT2D eigenvalue weighted by atomic mass is 10.1.